The van der Waals surface area contributed by atoms with Crippen molar-refractivity contribution in [3.63, 3.8) is 0 Å². The summed E-state index contributed by atoms with van der Waals surface area (Å²) in [7, 11) is 1.50. The number of aryl methyl sites for hydroxylation is 1. The van der Waals surface area contributed by atoms with Gasteiger partial charge in [-0.25, -0.2) is 4.79 Å². The van der Waals surface area contributed by atoms with Gasteiger partial charge in [0.15, 0.2) is 17.6 Å². The number of aliphatic carboxylic acids is 1. The van der Waals surface area contributed by atoms with Crippen molar-refractivity contribution in [2.75, 3.05) is 7.05 Å². The number of Topliss-reactive ketones (excluding diaryl/α,β-unsaturated/α-hetero) is 1. The predicted octanol–water partition coefficient (Wildman–Crippen LogP) is 7.56. The minimum absolute atomic E-state index is 0.118. The molecule has 1 aromatic heterocycles. The normalized spacial score (nSPS) is 17.8. The quantitative estimate of drug-likeness (QED) is 0.268. The summed E-state index contributed by atoms with van der Waals surface area (Å²) in [5.41, 5.74) is 3.20. The highest BCUT2D eigenvalue weighted by atomic mass is 16.5. The molecule has 2 aromatic carbocycles. The highest BCUT2D eigenvalue weighted by Crippen LogP contribution is 2.42. The summed E-state index contributed by atoms with van der Waals surface area (Å²) in [6.07, 6.45) is 3.92. The molecule has 2 atom stereocenters. The molecule has 1 heterocycles. The van der Waals surface area contributed by atoms with Gasteiger partial charge in [-0.1, -0.05) is 59.7 Å². The van der Waals surface area contributed by atoms with Crippen molar-refractivity contribution in [3.05, 3.63) is 64.9 Å². The van der Waals surface area contributed by atoms with E-state index in [9.17, 15) is 19.5 Å². The smallest absolute Gasteiger partial charge is 0.326 e. The van der Waals surface area contributed by atoms with Crippen molar-refractivity contribution in [1.82, 2.24) is 4.90 Å². The maximum Gasteiger partial charge on any atom is 0.326 e. The SMILES string of the molecule is CCC(CC)(c1ccc(OC2CCCC(C)(C)C2=O)c(C)c1)c1ccc2oc(C(=O)N(C)C(C(=O)O)C(C)C)cc2c1. The Balaban J connectivity index is 1.65. The Morgan fingerprint density at radius 1 is 1.10 bits per heavy atom. The summed E-state index contributed by atoms with van der Waals surface area (Å²) in [4.78, 5) is 39.2. The molecule has 3 aromatic rings. The number of carbonyl (C=O) groups is 3. The molecule has 1 saturated carbocycles. The maximum absolute atomic E-state index is 13.2. The van der Waals surface area contributed by atoms with Crippen LogP contribution in [-0.2, 0) is 15.0 Å². The Bertz CT molecular complexity index is 1480. The molecular weight excluding hydrogens is 530 g/mol. The van der Waals surface area contributed by atoms with Crippen molar-refractivity contribution in [1.29, 1.82) is 0 Å². The largest absolute Gasteiger partial charge is 0.482 e. The van der Waals surface area contributed by atoms with Crippen molar-refractivity contribution in [2.24, 2.45) is 11.3 Å². The highest BCUT2D eigenvalue weighted by molar-refractivity contribution is 5.98. The molecule has 0 bridgehead atoms. The standard InChI is InChI=1S/C35H45NO6/c1-9-35(10-2,24-13-15-26(22(5)18-24)41-28-12-11-17-34(6,7)31(28)37)25-14-16-27-23(19-25)20-29(42-27)32(38)36(8)30(21(3)4)33(39)40/h13-16,18-21,28,30H,9-12,17H2,1-8H3,(H,39,40). The monoisotopic (exact) mass is 575 g/mol. The summed E-state index contributed by atoms with van der Waals surface area (Å²) in [6, 6.07) is 13.0. The molecule has 0 saturated heterocycles. The molecule has 1 aliphatic rings. The summed E-state index contributed by atoms with van der Waals surface area (Å²) >= 11 is 0. The molecule has 7 heteroatoms. The number of rotatable bonds is 10. The number of carboxylic acid groups (broad SMARTS) is 1. The van der Waals surface area contributed by atoms with Crippen molar-refractivity contribution < 1.29 is 28.6 Å². The van der Waals surface area contributed by atoms with E-state index < -0.39 is 24.0 Å². The Labute approximate surface area is 249 Å². The minimum atomic E-state index is -1.05. The van der Waals surface area contributed by atoms with Gasteiger partial charge in [0.05, 0.1) is 0 Å². The zero-order chi connectivity index (χ0) is 31.0. The van der Waals surface area contributed by atoms with E-state index in [1.54, 1.807) is 19.9 Å². The third-order valence-corrected chi connectivity index (χ3v) is 9.33. The van der Waals surface area contributed by atoms with E-state index in [1.165, 1.54) is 11.9 Å². The lowest BCUT2D eigenvalue weighted by atomic mass is 9.70. The number of nitrogens with zero attached hydrogens (tertiary/aromatic N) is 1. The number of ether oxygens (including phenoxy) is 1. The molecule has 7 nitrogen and oxygen atoms in total. The van der Waals surface area contributed by atoms with Crippen LogP contribution in [-0.4, -0.2) is 46.9 Å². The molecule has 0 aliphatic heterocycles. The molecule has 0 radical (unpaired) electrons. The highest BCUT2D eigenvalue weighted by Gasteiger charge is 2.39. The summed E-state index contributed by atoms with van der Waals surface area (Å²) < 4.78 is 12.2. The molecule has 1 aliphatic carbocycles. The summed E-state index contributed by atoms with van der Waals surface area (Å²) in [5, 5.41) is 10.4. The van der Waals surface area contributed by atoms with Crippen LogP contribution in [0.2, 0.25) is 0 Å². The van der Waals surface area contributed by atoms with Crippen molar-refractivity contribution in [3.8, 4) is 5.75 Å². The summed E-state index contributed by atoms with van der Waals surface area (Å²) in [5.74, 6) is -0.721. The number of hydrogen-bond donors (Lipinski definition) is 1. The zero-order valence-electron chi connectivity index (χ0n) is 26.2. The number of furan rings is 1. The van der Waals surface area contributed by atoms with Gasteiger partial charge in [-0.05, 0) is 85.9 Å². The van der Waals surface area contributed by atoms with Crippen LogP contribution in [0.15, 0.2) is 46.9 Å². The average molecular weight is 576 g/mol. The number of fused-ring (bicyclic) bond motifs is 1. The molecular formula is C35H45NO6. The summed E-state index contributed by atoms with van der Waals surface area (Å²) in [6.45, 7) is 13.9. The molecule has 42 heavy (non-hydrogen) atoms. The van der Waals surface area contributed by atoms with Crippen molar-refractivity contribution >= 4 is 28.6 Å². The van der Waals surface area contributed by atoms with Gasteiger partial charge in [-0.3, -0.25) is 9.59 Å². The first kappa shape index (κ1) is 31.3. The fourth-order valence-electron chi connectivity index (χ4n) is 6.64. The lowest BCUT2D eigenvalue weighted by molar-refractivity contribution is -0.143. The third kappa shape index (κ3) is 5.70. The average Bonchev–Trinajstić information content (AvgIpc) is 3.36. The van der Waals surface area contributed by atoms with Crippen LogP contribution in [0.5, 0.6) is 5.75 Å². The van der Waals surface area contributed by atoms with Gasteiger partial charge < -0.3 is 19.2 Å². The van der Waals surface area contributed by atoms with E-state index in [4.69, 9.17) is 9.15 Å². The molecule has 2 unspecified atom stereocenters. The van der Waals surface area contributed by atoms with E-state index >= 15 is 0 Å². The van der Waals surface area contributed by atoms with Crippen LogP contribution in [0, 0.1) is 18.3 Å². The van der Waals surface area contributed by atoms with Crippen molar-refractivity contribution in [2.45, 2.75) is 98.1 Å². The molecule has 1 amide bonds. The predicted molar refractivity (Wildman–Crippen MR) is 164 cm³/mol. The van der Waals surface area contributed by atoms with E-state index in [2.05, 4.69) is 32.0 Å². The molecule has 0 spiro atoms. The fraction of sp³-hybridized carbons (Fsp3) is 0.514. The van der Waals surface area contributed by atoms with E-state index in [0.717, 1.165) is 59.9 Å². The first-order chi connectivity index (χ1) is 19.8. The van der Waals surface area contributed by atoms with E-state index in [0.29, 0.717) is 5.58 Å². The minimum Gasteiger partial charge on any atom is -0.482 e. The topological polar surface area (TPSA) is 97.0 Å². The molecule has 226 valence electrons. The lowest BCUT2D eigenvalue weighted by Crippen LogP contribution is -2.45. The van der Waals surface area contributed by atoms with Gasteiger partial charge in [-0.15, -0.1) is 0 Å². The second-order valence-corrected chi connectivity index (χ2v) is 12.8. The van der Waals surface area contributed by atoms with E-state index in [-0.39, 0.29) is 28.3 Å². The van der Waals surface area contributed by atoms with Gasteiger partial charge in [0.25, 0.3) is 5.91 Å². The molecule has 4 rings (SSSR count). The first-order valence-corrected chi connectivity index (χ1v) is 15.1. The van der Waals surface area contributed by atoms with Crippen LogP contribution in [0.3, 0.4) is 0 Å². The number of carbonyl (C=O) groups excluding carboxylic acids is 2. The number of amides is 1. The van der Waals surface area contributed by atoms with E-state index in [1.807, 2.05) is 39.0 Å². The maximum atomic E-state index is 13.2. The second kappa shape index (κ2) is 11.9. The molecule has 1 N–H and O–H groups in total. The Morgan fingerprint density at radius 2 is 1.74 bits per heavy atom. The fourth-order valence-corrected chi connectivity index (χ4v) is 6.64. The number of benzene rings is 2. The number of hydrogen-bond acceptors (Lipinski definition) is 5. The van der Waals surface area contributed by atoms with Crippen LogP contribution in [0.25, 0.3) is 11.0 Å². The van der Waals surface area contributed by atoms with Crippen LogP contribution < -0.4 is 4.74 Å². The molecule has 1 fully saturated rings. The zero-order valence-corrected chi connectivity index (χ0v) is 26.2. The number of ketones is 1. The lowest BCUT2D eigenvalue weighted by Gasteiger charge is -2.35. The first-order valence-electron chi connectivity index (χ1n) is 15.1. The van der Waals surface area contributed by atoms with Gasteiger partial charge >= 0.3 is 5.97 Å². The Kier molecular flexibility index (Phi) is 8.91. The van der Waals surface area contributed by atoms with Gasteiger partial charge in [-0.2, -0.15) is 0 Å². The third-order valence-electron chi connectivity index (χ3n) is 9.33. The second-order valence-electron chi connectivity index (χ2n) is 12.8. The van der Waals surface area contributed by atoms with Crippen LogP contribution in [0.4, 0.5) is 0 Å². The Hall–Kier alpha value is -3.61. The van der Waals surface area contributed by atoms with Gasteiger partial charge in [0.1, 0.15) is 17.4 Å². The van der Waals surface area contributed by atoms with Crippen LogP contribution in [0.1, 0.15) is 101 Å². The van der Waals surface area contributed by atoms with Crippen LogP contribution >= 0.6 is 0 Å². The Morgan fingerprint density at radius 3 is 2.33 bits per heavy atom. The van der Waals surface area contributed by atoms with Gasteiger partial charge in [0, 0.05) is 23.3 Å². The number of carboxylic acids is 1. The van der Waals surface area contributed by atoms with Gasteiger partial charge in [0.2, 0.25) is 0 Å². The number of likely N-dealkylation sites (N-methyl/N-ethyl adjacent to an activating group) is 1.